The van der Waals surface area contributed by atoms with Crippen LogP contribution in [0.5, 0.6) is 0 Å². The molecule has 3 heteroatoms. The minimum Gasteiger partial charge on any atom is -0.359 e. The first kappa shape index (κ1) is 7.28. The van der Waals surface area contributed by atoms with E-state index >= 15 is 0 Å². The SMILES string of the molecule is O=c1cc[nH]c2c1=CCCC=2F. The van der Waals surface area contributed by atoms with Crippen molar-refractivity contribution in [1.29, 1.82) is 0 Å². The molecule has 0 bridgehead atoms. The Balaban J connectivity index is 3.03. The number of H-pyrrole nitrogens is 1. The Labute approximate surface area is 68.1 Å². The summed E-state index contributed by atoms with van der Waals surface area (Å²) in [4.78, 5) is 13.9. The van der Waals surface area contributed by atoms with Gasteiger partial charge in [0, 0.05) is 23.9 Å². The van der Waals surface area contributed by atoms with Gasteiger partial charge < -0.3 is 4.98 Å². The van der Waals surface area contributed by atoms with Gasteiger partial charge in [-0.15, -0.1) is 0 Å². The Morgan fingerprint density at radius 2 is 2.33 bits per heavy atom. The van der Waals surface area contributed by atoms with E-state index in [1.54, 1.807) is 6.08 Å². The van der Waals surface area contributed by atoms with Crippen LogP contribution in [0.4, 0.5) is 4.39 Å². The Morgan fingerprint density at radius 3 is 3.08 bits per heavy atom. The third-order valence-corrected chi connectivity index (χ3v) is 1.98. The second-order valence-corrected chi connectivity index (χ2v) is 2.78. The largest absolute Gasteiger partial charge is 0.359 e. The lowest BCUT2D eigenvalue weighted by atomic mass is 10.1. The molecule has 1 aliphatic carbocycles. The predicted octanol–water partition coefficient (Wildman–Crippen LogP) is 0.0269. The summed E-state index contributed by atoms with van der Waals surface area (Å²) in [5, 5.41) is 0.829. The molecule has 62 valence electrons. The first-order valence-electron chi connectivity index (χ1n) is 3.85. The van der Waals surface area contributed by atoms with Gasteiger partial charge in [0.2, 0.25) is 0 Å². The molecule has 0 fully saturated rings. The van der Waals surface area contributed by atoms with E-state index in [2.05, 4.69) is 4.98 Å². The molecule has 1 aromatic heterocycles. The highest BCUT2D eigenvalue weighted by atomic mass is 19.1. The summed E-state index contributed by atoms with van der Waals surface area (Å²) in [6, 6.07) is 1.41. The van der Waals surface area contributed by atoms with Gasteiger partial charge in [-0.25, -0.2) is 4.39 Å². The summed E-state index contributed by atoms with van der Waals surface area (Å²) in [7, 11) is 0. The molecule has 12 heavy (non-hydrogen) atoms. The molecule has 0 atom stereocenters. The van der Waals surface area contributed by atoms with E-state index < -0.39 is 0 Å². The van der Waals surface area contributed by atoms with Crippen LogP contribution in [0.3, 0.4) is 0 Å². The van der Waals surface area contributed by atoms with Gasteiger partial charge in [-0.05, 0) is 6.42 Å². The van der Waals surface area contributed by atoms with Crippen molar-refractivity contribution >= 4 is 11.9 Å². The van der Waals surface area contributed by atoms with Gasteiger partial charge in [-0.3, -0.25) is 4.79 Å². The van der Waals surface area contributed by atoms with E-state index in [-0.39, 0.29) is 11.3 Å². The summed E-state index contributed by atoms with van der Waals surface area (Å²) in [5.41, 5.74) is -0.112. The molecule has 0 amide bonds. The number of halogens is 1. The fourth-order valence-corrected chi connectivity index (χ4v) is 1.39. The first-order valence-corrected chi connectivity index (χ1v) is 3.85. The van der Waals surface area contributed by atoms with Gasteiger partial charge in [-0.2, -0.15) is 0 Å². The maximum Gasteiger partial charge on any atom is 0.189 e. The van der Waals surface area contributed by atoms with Crippen LogP contribution in [0.25, 0.3) is 11.9 Å². The summed E-state index contributed by atoms with van der Waals surface area (Å²) >= 11 is 0. The summed E-state index contributed by atoms with van der Waals surface area (Å²) in [6.07, 6.45) is 4.26. The molecule has 2 nitrogen and oxygen atoms in total. The Hall–Kier alpha value is -1.38. The van der Waals surface area contributed by atoms with Crippen molar-refractivity contribution < 1.29 is 4.39 Å². The molecular weight excluding hydrogens is 157 g/mol. The quantitative estimate of drug-likeness (QED) is 0.578. The number of rotatable bonds is 0. The van der Waals surface area contributed by atoms with Crippen LogP contribution in [-0.4, -0.2) is 4.98 Å². The molecule has 2 rings (SSSR count). The summed E-state index contributed by atoms with van der Waals surface area (Å²) in [5.74, 6) is -0.217. The lowest BCUT2D eigenvalue weighted by Gasteiger charge is -2.00. The Morgan fingerprint density at radius 1 is 1.50 bits per heavy atom. The monoisotopic (exact) mass is 165 g/mol. The normalized spacial score (nSPS) is 15.2. The van der Waals surface area contributed by atoms with Gasteiger partial charge in [0.1, 0.15) is 5.83 Å². The van der Waals surface area contributed by atoms with Crippen molar-refractivity contribution in [2.45, 2.75) is 12.8 Å². The second-order valence-electron chi connectivity index (χ2n) is 2.78. The number of hydrogen-bond donors (Lipinski definition) is 1. The highest BCUT2D eigenvalue weighted by molar-refractivity contribution is 5.42. The molecule has 0 saturated heterocycles. The van der Waals surface area contributed by atoms with Crippen molar-refractivity contribution in [3.63, 3.8) is 0 Å². The average molecular weight is 165 g/mol. The molecule has 1 heterocycles. The van der Waals surface area contributed by atoms with Crippen LogP contribution in [-0.2, 0) is 0 Å². The second kappa shape index (κ2) is 2.59. The lowest BCUT2D eigenvalue weighted by molar-refractivity contribution is 0.689. The topological polar surface area (TPSA) is 32.9 Å². The van der Waals surface area contributed by atoms with E-state index in [0.29, 0.717) is 23.4 Å². The van der Waals surface area contributed by atoms with E-state index in [9.17, 15) is 9.18 Å². The zero-order valence-electron chi connectivity index (χ0n) is 6.43. The van der Waals surface area contributed by atoms with E-state index in [1.165, 1.54) is 12.3 Å². The molecule has 0 spiro atoms. The Kier molecular flexibility index (Phi) is 1.57. The van der Waals surface area contributed by atoms with Gasteiger partial charge in [0.25, 0.3) is 0 Å². The zero-order valence-corrected chi connectivity index (χ0v) is 6.43. The average Bonchev–Trinajstić information content (AvgIpc) is 2.07. The molecular formula is C9H8FNO. The van der Waals surface area contributed by atoms with Crippen LogP contribution >= 0.6 is 0 Å². The summed E-state index contributed by atoms with van der Waals surface area (Å²) < 4.78 is 13.1. The number of fused-ring (bicyclic) bond motifs is 1. The highest BCUT2D eigenvalue weighted by Crippen LogP contribution is 2.06. The highest BCUT2D eigenvalue weighted by Gasteiger charge is 2.04. The van der Waals surface area contributed by atoms with Gasteiger partial charge in [0.15, 0.2) is 5.43 Å². The first-order chi connectivity index (χ1) is 5.79. The molecule has 0 unspecified atom stereocenters. The fourth-order valence-electron chi connectivity index (χ4n) is 1.39. The van der Waals surface area contributed by atoms with Crippen molar-refractivity contribution in [2.75, 3.05) is 0 Å². The number of hydrogen-bond acceptors (Lipinski definition) is 1. The van der Waals surface area contributed by atoms with Crippen molar-refractivity contribution in [2.24, 2.45) is 0 Å². The third-order valence-electron chi connectivity index (χ3n) is 1.98. The number of pyridine rings is 1. The van der Waals surface area contributed by atoms with Crippen LogP contribution in [0.1, 0.15) is 12.8 Å². The fraction of sp³-hybridized carbons (Fsp3) is 0.222. The molecule has 0 aromatic carbocycles. The van der Waals surface area contributed by atoms with Crippen molar-refractivity contribution in [3.8, 4) is 0 Å². The van der Waals surface area contributed by atoms with Gasteiger partial charge in [-0.1, -0.05) is 6.08 Å². The van der Waals surface area contributed by atoms with Crippen molar-refractivity contribution in [1.82, 2.24) is 4.98 Å². The van der Waals surface area contributed by atoms with Crippen LogP contribution in [0, 0.1) is 0 Å². The number of nitrogens with one attached hydrogen (secondary N) is 1. The zero-order chi connectivity index (χ0) is 8.55. The van der Waals surface area contributed by atoms with E-state index in [4.69, 9.17) is 0 Å². The molecule has 1 aliphatic rings. The van der Waals surface area contributed by atoms with E-state index in [0.717, 1.165) is 0 Å². The number of aromatic amines is 1. The maximum atomic E-state index is 13.1. The smallest absolute Gasteiger partial charge is 0.189 e. The van der Waals surface area contributed by atoms with E-state index in [1.807, 2.05) is 0 Å². The Bertz CT molecular complexity index is 472. The van der Waals surface area contributed by atoms with Gasteiger partial charge >= 0.3 is 0 Å². The van der Waals surface area contributed by atoms with Crippen LogP contribution in [0.15, 0.2) is 17.1 Å². The predicted molar refractivity (Wildman–Crippen MR) is 44.5 cm³/mol. The minimum atomic E-state index is -0.217. The molecule has 1 N–H and O–H groups in total. The molecule has 0 aliphatic heterocycles. The van der Waals surface area contributed by atoms with Crippen LogP contribution in [0.2, 0.25) is 0 Å². The molecule has 0 radical (unpaired) electrons. The van der Waals surface area contributed by atoms with Crippen molar-refractivity contribution in [3.05, 3.63) is 33.1 Å². The standard InChI is InChI=1S/C9H8FNO/c10-7-3-1-2-6-8(12)4-5-11-9(6)7/h2,4-5,11H,1,3H2. The number of aromatic nitrogens is 1. The lowest BCUT2D eigenvalue weighted by Crippen LogP contribution is -2.42. The molecule has 0 saturated carbocycles. The maximum absolute atomic E-state index is 13.1. The third kappa shape index (κ3) is 0.978. The van der Waals surface area contributed by atoms with Gasteiger partial charge in [0.05, 0.1) is 5.35 Å². The van der Waals surface area contributed by atoms with Crippen LogP contribution < -0.4 is 16.0 Å². The molecule has 1 aromatic rings. The summed E-state index contributed by atoms with van der Waals surface area (Å²) in [6.45, 7) is 0. The minimum absolute atomic E-state index is 0.112.